The first-order valence-corrected chi connectivity index (χ1v) is 16.2. The maximum atomic E-state index is 13.0. The van der Waals surface area contributed by atoms with E-state index in [2.05, 4.69) is 29.5 Å². The summed E-state index contributed by atoms with van der Waals surface area (Å²) in [5.41, 5.74) is 2.89. The highest BCUT2D eigenvalue weighted by molar-refractivity contribution is 5.99. The fraction of sp³-hybridized carbons (Fsp3) is 0.457. The minimum Gasteiger partial charge on any atom is -0.436 e. The lowest BCUT2D eigenvalue weighted by molar-refractivity contribution is -0.138. The summed E-state index contributed by atoms with van der Waals surface area (Å²) in [5.74, 6) is 1.94. The molecule has 7 rings (SSSR count). The molecular weight excluding hydrogens is 570 g/mol. The maximum absolute atomic E-state index is 13.0. The highest BCUT2D eigenvalue weighted by Crippen LogP contribution is 2.41. The molecule has 234 valence electrons. The third-order valence-electron chi connectivity index (χ3n) is 9.87. The standard InChI is InChI=1S/C35H39N5O5/c1-20-17-26(20)34(43)39-15-3-5-28(39)31(41)37-24-11-7-22(8-12-24)30-19-36-33(45-30)23-9-13-25(14-10-23)38-32(42)29-6-4-16-40(29)35(44)27-18-21(27)2/h7-14,19-21,26-29H,3-6,15-18H2,1-2H3,(H,37,41)(H,38,42). The van der Waals surface area contributed by atoms with Gasteiger partial charge in [-0.05, 0) is 98.9 Å². The molecule has 10 heteroatoms. The highest BCUT2D eigenvalue weighted by Gasteiger charge is 2.46. The molecule has 6 atom stereocenters. The molecule has 2 aromatic carbocycles. The van der Waals surface area contributed by atoms with Crippen molar-refractivity contribution in [2.45, 2.75) is 64.5 Å². The van der Waals surface area contributed by atoms with Crippen LogP contribution >= 0.6 is 0 Å². The summed E-state index contributed by atoms with van der Waals surface area (Å²) in [6.45, 7) is 5.45. The van der Waals surface area contributed by atoms with E-state index < -0.39 is 12.1 Å². The second-order valence-corrected chi connectivity index (χ2v) is 13.2. The van der Waals surface area contributed by atoms with Gasteiger partial charge in [0.2, 0.25) is 29.5 Å². The lowest BCUT2D eigenvalue weighted by atomic mass is 10.1. The Labute approximate surface area is 262 Å². The van der Waals surface area contributed by atoms with Crippen molar-refractivity contribution in [1.29, 1.82) is 0 Å². The van der Waals surface area contributed by atoms with Crippen LogP contribution in [0.3, 0.4) is 0 Å². The van der Waals surface area contributed by atoms with Gasteiger partial charge in [0.25, 0.3) is 0 Å². The third-order valence-corrected chi connectivity index (χ3v) is 9.87. The van der Waals surface area contributed by atoms with Gasteiger partial charge in [-0.3, -0.25) is 19.2 Å². The Bertz CT molecular complexity index is 1500. The van der Waals surface area contributed by atoms with Crippen LogP contribution in [-0.4, -0.2) is 63.6 Å². The van der Waals surface area contributed by atoms with E-state index in [1.54, 1.807) is 16.0 Å². The van der Waals surface area contributed by atoms with E-state index in [-0.39, 0.29) is 35.5 Å². The van der Waals surface area contributed by atoms with Crippen molar-refractivity contribution in [3.8, 4) is 22.8 Å². The molecule has 2 aliphatic heterocycles. The quantitative estimate of drug-likeness (QED) is 0.363. The Hall–Kier alpha value is -4.47. The number of nitrogens with zero attached hydrogens (tertiary/aromatic N) is 3. The first-order chi connectivity index (χ1) is 21.8. The van der Waals surface area contributed by atoms with Crippen LogP contribution in [0.25, 0.3) is 22.8 Å². The van der Waals surface area contributed by atoms with Crippen molar-refractivity contribution in [2.75, 3.05) is 23.7 Å². The Balaban J connectivity index is 0.945. The van der Waals surface area contributed by atoms with E-state index in [4.69, 9.17) is 4.42 Å². The summed E-state index contributed by atoms with van der Waals surface area (Å²) in [6, 6.07) is 13.8. The number of carbonyl (C=O) groups is 4. The van der Waals surface area contributed by atoms with Gasteiger partial charge in [-0.15, -0.1) is 0 Å². The largest absolute Gasteiger partial charge is 0.436 e. The SMILES string of the molecule is CC1CC1C(=O)N1CCCC1C(=O)Nc1ccc(-c2cnc(-c3ccc(NC(=O)C4CCCN4C(=O)C4CC4C)cc3)o2)cc1. The molecule has 3 heterocycles. The third kappa shape index (κ3) is 5.98. The number of amides is 4. The number of oxazole rings is 1. The minimum absolute atomic E-state index is 0.0729. The van der Waals surface area contributed by atoms with Crippen molar-refractivity contribution >= 4 is 35.0 Å². The second kappa shape index (κ2) is 11.8. The summed E-state index contributed by atoms with van der Waals surface area (Å²) in [7, 11) is 0. The van der Waals surface area contributed by atoms with Gasteiger partial charge in [-0.2, -0.15) is 0 Å². The Morgan fingerprint density at radius 3 is 1.60 bits per heavy atom. The number of rotatable bonds is 8. The number of nitrogens with one attached hydrogen (secondary N) is 2. The molecule has 0 bridgehead atoms. The highest BCUT2D eigenvalue weighted by atomic mass is 16.4. The molecule has 2 N–H and O–H groups in total. The zero-order valence-corrected chi connectivity index (χ0v) is 25.7. The molecular formula is C35H39N5O5. The predicted octanol–water partition coefficient (Wildman–Crippen LogP) is 5.18. The average molecular weight is 610 g/mol. The van der Waals surface area contributed by atoms with Crippen LogP contribution in [0.4, 0.5) is 11.4 Å². The van der Waals surface area contributed by atoms with Gasteiger partial charge in [-0.1, -0.05) is 13.8 Å². The molecule has 2 saturated heterocycles. The molecule has 6 unspecified atom stereocenters. The molecule has 3 aromatic rings. The van der Waals surface area contributed by atoms with Gasteiger partial charge in [0.05, 0.1) is 6.20 Å². The van der Waals surface area contributed by atoms with Crippen LogP contribution in [0.1, 0.15) is 52.4 Å². The van der Waals surface area contributed by atoms with Crippen LogP contribution in [0, 0.1) is 23.7 Å². The van der Waals surface area contributed by atoms with Gasteiger partial charge in [-0.25, -0.2) is 4.98 Å². The van der Waals surface area contributed by atoms with Gasteiger partial charge in [0, 0.05) is 47.4 Å². The van der Waals surface area contributed by atoms with Crippen molar-refractivity contribution in [3.63, 3.8) is 0 Å². The minimum atomic E-state index is -0.420. The van der Waals surface area contributed by atoms with E-state index in [1.807, 2.05) is 48.5 Å². The van der Waals surface area contributed by atoms with Crippen molar-refractivity contribution < 1.29 is 23.6 Å². The number of aromatic nitrogens is 1. The van der Waals surface area contributed by atoms with Crippen molar-refractivity contribution in [3.05, 3.63) is 54.7 Å². The van der Waals surface area contributed by atoms with Gasteiger partial charge in [0.1, 0.15) is 12.1 Å². The number of anilines is 2. The normalized spacial score (nSPS) is 26.9. The lowest BCUT2D eigenvalue weighted by Crippen LogP contribution is -2.44. The first kappa shape index (κ1) is 29.3. The smallest absolute Gasteiger partial charge is 0.247 e. The average Bonchev–Trinajstić information content (AvgIpc) is 3.64. The Morgan fingerprint density at radius 1 is 0.711 bits per heavy atom. The number of likely N-dealkylation sites (tertiary alicyclic amines) is 2. The summed E-state index contributed by atoms with van der Waals surface area (Å²) in [5, 5.41) is 5.94. The van der Waals surface area contributed by atoms with E-state index in [0.717, 1.165) is 36.8 Å². The zero-order chi connectivity index (χ0) is 31.2. The molecule has 4 aliphatic rings. The molecule has 2 saturated carbocycles. The molecule has 2 aliphatic carbocycles. The molecule has 0 spiro atoms. The van der Waals surface area contributed by atoms with E-state index in [9.17, 15) is 19.2 Å². The molecule has 1 aromatic heterocycles. The monoisotopic (exact) mass is 609 g/mol. The summed E-state index contributed by atoms with van der Waals surface area (Å²) in [6.07, 6.45) is 6.55. The molecule has 4 amide bonds. The van der Waals surface area contributed by atoms with Gasteiger partial charge in [0.15, 0.2) is 5.76 Å². The molecule has 45 heavy (non-hydrogen) atoms. The van der Waals surface area contributed by atoms with Crippen molar-refractivity contribution in [1.82, 2.24) is 14.8 Å². The predicted molar refractivity (Wildman–Crippen MR) is 169 cm³/mol. The molecule has 4 fully saturated rings. The summed E-state index contributed by atoms with van der Waals surface area (Å²) in [4.78, 5) is 59.5. The number of hydrogen-bond donors (Lipinski definition) is 2. The van der Waals surface area contributed by atoms with Crippen LogP contribution in [0.15, 0.2) is 59.1 Å². The summed E-state index contributed by atoms with van der Waals surface area (Å²) < 4.78 is 6.04. The Morgan fingerprint density at radius 2 is 1.16 bits per heavy atom. The lowest BCUT2D eigenvalue weighted by Gasteiger charge is -2.24. The fourth-order valence-corrected chi connectivity index (χ4v) is 6.77. The van der Waals surface area contributed by atoms with Crippen LogP contribution in [0.5, 0.6) is 0 Å². The van der Waals surface area contributed by atoms with E-state index in [0.29, 0.717) is 60.8 Å². The van der Waals surface area contributed by atoms with Crippen LogP contribution in [0.2, 0.25) is 0 Å². The number of carbonyl (C=O) groups excluding carboxylic acids is 4. The molecule has 10 nitrogen and oxygen atoms in total. The zero-order valence-electron chi connectivity index (χ0n) is 25.7. The Kier molecular flexibility index (Phi) is 7.67. The van der Waals surface area contributed by atoms with Gasteiger partial charge < -0.3 is 24.9 Å². The first-order valence-electron chi connectivity index (χ1n) is 16.2. The topological polar surface area (TPSA) is 125 Å². The molecule has 0 radical (unpaired) electrons. The van der Waals surface area contributed by atoms with Crippen molar-refractivity contribution in [2.24, 2.45) is 23.7 Å². The maximum Gasteiger partial charge on any atom is 0.247 e. The number of benzene rings is 2. The van der Waals surface area contributed by atoms with E-state index >= 15 is 0 Å². The second-order valence-electron chi connectivity index (χ2n) is 13.2. The van der Waals surface area contributed by atoms with E-state index in [1.165, 1.54) is 0 Å². The number of hydrogen-bond acceptors (Lipinski definition) is 6. The summed E-state index contributed by atoms with van der Waals surface area (Å²) >= 11 is 0. The van der Waals surface area contributed by atoms with Crippen LogP contribution < -0.4 is 10.6 Å². The van der Waals surface area contributed by atoms with Gasteiger partial charge >= 0.3 is 0 Å². The van der Waals surface area contributed by atoms with Crippen LogP contribution in [-0.2, 0) is 19.2 Å². The fourth-order valence-electron chi connectivity index (χ4n) is 6.77.